The predicted octanol–water partition coefficient (Wildman–Crippen LogP) is 2.51. The second kappa shape index (κ2) is 6.73. The quantitative estimate of drug-likeness (QED) is 0.725. The van der Waals surface area contributed by atoms with Crippen LogP contribution in [0.25, 0.3) is 11.3 Å². The van der Waals surface area contributed by atoms with E-state index in [1.165, 1.54) is 37.5 Å². The number of nitrogens with two attached hydrogens (primary N) is 1. The maximum absolute atomic E-state index is 14.5. The van der Waals surface area contributed by atoms with E-state index in [-0.39, 0.29) is 34.2 Å². The highest BCUT2D eigenvalue weighted by atomic mass is 19.2. The lowest BCUT2D eigenvalue weighted by Gasteiger charge is -2.26. The van der Waals surface area contributed by atoms with Gasteiger partial charge in [-0.1, -0.05) is 6.07 Å². The predicted molar refractivity (Wildman–Crippen MR) is 96.1 cm³/mol. The Labute approximate surface area is 162 Å². The third-order valence-corrected chi connectivity index (χ3v) is 4.70. The van der Waals surface area contributed by atoms with Crippen LogP contribution in [0.4, 0.5) is 13.2 Å². The zero-order valence-corrected chi connectivity index (χ0v) is 15.1. The van der Waals surface area contributed by atoms with Crippen molar-refractivity contribution in [3.8, 4) is 11.3 Å². The van der Waals surface area contributed by atoms with Crippen LogP contribution < -0.4 is 5.73 Å². The van der Waals surface area contributed by atoms with E-state index in [1.54, 1.807) is 0 Å². The molecule has 3 aromatic rings. The molecular formula is C19H14F3N5O2. The third-order valence-electron chi connectivity index (χ3n) is 4.70. The SMILES string of the molecule is CN1C(=O)C(c2cc(F)c(F)c(-c3cnco3)c2)(c2cccc(CF)n2)N=C1N. The van der Waals surface area contributed by atoms with Crippen molar-refractivity contribution in [2.75, 3.05) is 7.05 Å². The molecule has 7 nitrogen and oxygen atoms in total. The van der Waals surface area contributed by atoms with E-state index in [0.29, 0.717) is 0 Å². The first-order valence-corrected chi connectivity index (χ1v) is 8.42. The number of benzene rings is 1. The summed E-state index contributed by atoms with van der Waals surface area (Å²) in [5.74, 6) is -3.24. The highest BCUT2D eigenvalue weighted by Gasteiger charge is 2.51. The molecule has 1 unspecified atom stereocenters. The van der Waals surface area contributed by atoms with Crippen molar-refractivity contribution in [1.29, 1.82) is 0 Å². The Bertz CT molecular complexity index is 1130. The van der Waals surface area contributed by atoms with Crippen molar-refractivity contribution in [1.82, 2.24) is 14.9 Å². The Hall–Kier alpha value is -3.69. The van der Waals surface area contributed by atoms with E-state index < -0.39 is 29.8 Å². The number of carbonyl (C=O) groups excluding carboxylic acids is 1. The number of aliphatic imine (C=N–C) groups is 1. The molecule has 2 N–H and O–H groups in total. The van der Waals surface area contributed by atoms with Crippen LogP contribution in [-0.2, 0) is 17.0 Å². The van der Waals surface area contributed by atoms with Crippen molar-refractivity contribution < 1.29 is 22.4 Å². The molecule has 2 aromatic heterocycles. The number of pyridine rings is 1. The van der Waals surface area contributed by atoms with Crippen LogP contribution in [0.3, 0.4) is 0 Å². The van der Waals surface area contributed by atoms with Gasteiger partial charge in [0.15, 0.2) is 29.7 Å². The fourth-order valence-corrected chi connectivity index (χ4v) is 3.23. The molecule has 1 aliphatic heterocycles. The summed E-state index contributed by atoms with van der Waals surface area (Å²) in [4.78, 5) is 26.3. The standard InChI is InChI=1S/C19H14F3N5O2/c1-27-17(28)19(26-18(27)23,15-4-2-3-11(7-20)25-15)10-5-12(14-8-24-9-29-14)16(22)13(21)6-10/h2-6,8-9H,7H2,1H3,(H2,23,26). The van der Waals surface area contributed by atoms with Crippen molar-refractivity contribution >= 4 is 11.9 Å². The summed E-state index contributed by atoms with van der Waals surface area (Å²) in [6.45, 7) is -0.881. The van der Waals surface area contributed by atoms with Crippen LogP contribution in [0.2, 0.25) is 0 Å². The smallest absolute Gasteiger partial charge is 0.267 e. The Balaban J connectivity index is 2.03. The Morgan fingerprint density at radius 2 is 2.07 bits per heavy atom. The maximum Gasteiger partial charge on any atom is 0.267 e. The first-order chi connectivity index (χ1) is 13.9. The summed E-state index contributed by atoms with van der Waals surface area (Å²) in [7, 11) is 1.39. The minimum absolute atomic E-state index is 0.0273. The number of halogens is 3. The Kier molecular flexibility index (Phi) is 4.33. The van der Waals surface area contributed by atoms with Gasteiger partial charge in [-0.15, -0.1) is 0 Å². The van der Waals surface area contributed by atoms with Gasteiger partial charge in [-0.25, -0.2) is 23.1 Å². The summed E-state index contributed by atoms with van der Waals surface area (Å²) in [5.41, 5.74) is 3.72. The monoisotopic (exact) mass is 401 g/mol. The molecule has 1 aliphatic rings. The van der Waals surface area contributed by atoms with Crippen molar-refractivity contribution in [2.45, 2.75) is 12.2 Å². The van der Waals surface area contributed by atoms with Crippen molar-refractivity contribution in [3.05, 3.63) is 71.5 Å². The summed E-state index contributed by atoms with van der Waals surface area (Å²) < 4.78 is 47.2. The molecule has 3 heterocycles. The summed E-state index contributed by atoms with van der Waals surface area (Å²) in [6, 6.07) is 6.43. The second-order valence-corrected chi connectivity index (χ2v) is 6.38. The largest absolute Gasteiger partial charge is 0.443 e. The summed E-state index contributed by atoms with van der Waals surface area (Å²) in [5, 5.41) is 0. The molecule has 0 spiro atoms. The molecule has 0 saturated carbocycles. The molecule has 0 aliphatic carbocycles. The van der Waals surface area contributed by atoms with E-state index in [1.807, 2.05) is 0 Å². The minimum Gasteiger partial charge on any atom is -0.443 e. The lowest BCUT2D eigenvalue weighted by atomic mass is 9.84. The number of hydrogen-bond acceptors (Lipinski definition) is 6. The number of carbonyl (C=O) groups is 1. The van der Waals surface area contributed by atoms with Crippen molar-refractivity contribution in [3.63, 3.8) is 0 Å². The normalized spacial score (nSPS) is 19.0. The number of nitrogens with zero attached hydrogens (tertiary/aromatic N) is 4. The third kappa shape index (κ3) is 2.75. The van der Waals surface area contributed by atoms with E-state index >= 15 is 0 Å². The molecule has 1 amide bonds. The second-order valence-electron chi connectivity index (χ2n) is 6.38. The Morgan fingerprint density at radius 1 is 1.28 bits per heavy atom. The van der Waals surface area contributed by atoms with Gasteiger partial charge in [0.25, 0.3) is 5.91 Å². The molecule has 0 fully saturated rings. The highest BCUT2D eigenvalue weighted by molar-refractivity contribution is 6.08. The number of likely N-dealkylation sites (N-methyl/N-ethyl adjacent to an activating group) is 1. The lowest BCUT2D eigenvalue weighted by Crippen LogP contribution is -2.41. The van der Waals surface area contributed by atoms with Crippen LogP contribution >= 0.6 is 0 Å². The van der Waals surface area contributed by atoms with E-state index in [9.17, 15) is 18.0 Å². The first kappa shape index (κ1) is 18.7. The molecular weight excluding hydrogens is 387 g/mol. The van der Waals surface area contributed by atoms with Gasteiger partial charge in [-0.2, -0.15) is 0 Å². The molecule has 1 aromatic carbocycles. The fourth-order valence-electron chi connectivity index (χ4n) is 3.23. The number of guanidine groups is 1. The molecule has 0 saturated heterocycles. The van der Waals surface area contributed by atoms with Crippen LogP contribution in [0.15, 0.2) is 52.3 Å². The Morgan fingerprint density at radius 3 is 2.69 bits per heavy atom. The van der Waals surface area contributed by atoms with Crippen LogP contribution in [-0.4, -0.2) is 33.8 Å². The molecule has 148 valence electrons. The average Bonchev–Trinajstić information content (AvgIpc) is 3.34. The van der Waals surface area contributed by atoms with Gasteiger partial charge in [0, 0.05) is 7.05 Å². The van der Waals surface area contributed by atoms with E-state index in [0.717, 1.165) is 17.4 Å². The summed E-state index contributed by atoms with van der Waals surface area (Å²) in [6.07, 6.45) is 2.27. The summed E-state index contributed by atoms with van der Waals surface area (Å²) >= 11 is 0. The fraction of sp³-hybridized carbons (Fsp3) is 0.158. The molecule has 10 heteroatoms. The van der Waals surface area contributed by atoms with Gasteiger partial charge in [0.05, 0.1) is 23.1 Å². The van der Waals surface area contributed by atoms with Gasteiger partial charge < -0.3 is 10.2 Å². The van der Waals surface area contributed by atoms with E-state index in [2.05, 4.69) is 15.0 Å². The molecule has 0 bridgehead atoms. The van der Waals surface area contributed by atoms with Gasteiger partial charge in [-0.3, -0.25) is 14.7 Å². The first-order valence-electron chi connectivity index (χ1n) is 8.42. The topological polar surface area (TPSA) is 97.6 Å². The molecule has 0 radical (unpaired) electrons. The van der Waals surface area contributed by atoms with Gasteiger partial charge >= 0.3 is 0 Å². The number of rotatable bonds is 4. The van der Waals surface area contributed by atoms with Crippen LogP contribution in [0.5, 0.6) is 0 Å². The number of hydrogen-bond donors (Lipinski definition) is 1. The van der Waals surface area contributed by atoms with Gasteiger partial charge in [0.1, 0.15) is 6.67 Å². The molecule has 4 rings (SSSR count). The molecule has 29 heavy (non-hydrogen) atoms. The van der Waals surface area contributed by atoms with Gasteiger partial charge in [0.2, 0.25) is 5.54 Å². The minimum atomic E-state index is -1.91. The average molecular weight is 401 g/mol. The van der Waals surface area contributed by atoms with Crippen molar-refractivity contribution in [2.24, 2.45) is 10.7 Å². The number of amides is 1. The molecule has 1 atom stereocenters. The lowest BCUT2D eigenvalue weighted by molar-refractivity contribution is -0.129. The number of oxazole rings is 1. The van der Waals surface area contributed by atoms with Crippen LogP contribution in [0.1, 0.15) is 17.0 Å². The highest BCUT2D eigenvalue weighted by Crippen LogP contribution is 2.41. The zero-order chi connectivity index (χ0) is 20.8. The zero-order valence-electron chi connectivity index (χ0n) is 15.1. The number of aromatic nitrogens is 2. The van der Waals surface area contributed by atoms with Gasteiger partial charge in [-0.05, 0) is 29.8 Å². The van der Waals surface area contributed by atoms with Crippen LogP contribution in [0, 0.1) is 11.6 Å². The van der Waals surface area contributed by atoms with E-state index in [4.69, 9.17) is 10.2 Å². The number of alkyl halides is 1. The maximum atomic E-state index is 14.5.